The number of hydrogen-bond donors (Lipinski definition) is 2. The van der Waals surface area contributed by atoms with Crippen LogP contribution in [0.3, 0.4) is 0 Å². The van der Waals surface area contributed by atoms with Crippen molar-refractivity contribution in [2.75, 3.05) is 17.7 Å². The molecule has 3 rings (SSSR count). The molecule has 0 aliphatic heterocycles. The molecule has 0 saturated carbocycles. The lowest BCUT2D eigenvalue weighted by Crippen LogP contribution is -2.12. The van der Waals surface area contributed by atoms with Crippen LogP contribution in [0.25, 0.3) is 10.9 Å². The zero-order chi connectivity index (χ0) is 17.8. The van der Waals surface area contributed by atoms with Crippen LogP contribution in [0.4, 0.5) is 17.1 Å². The van der Waals surface area contributed by atoms with Crippen LogP contribution in [0.1, 0.15) is 19.5 Å². The van der Waals surface area contributed by atoms with Crippen molar-refractivity contribution in [1.82, 2.24) is 15.2 Å². The zero-order valence-corrected chi connectivity index (χ0v) is 14.2. The number of anilines is 3. The Morgan fingerprint density at radius 3 is 2.76 bits per heavy atom. The lowest BCUT2D eigenvalue weighted by Gasteiger charge is -2.14. The van der Waals surface area contributed by atoms with Gasteiger partial charge in [0.2, 0.25) is 5.88 Å². The van der Waals surface area contributed by atoms with Gasteiger partial charge in [-0.3, -0.25) is 0 Å². The van der Waals surface area contributed by atoms with Gasteiger partial charge in [0.25, 0.3) is 0 Å². The molecule has 25 heavy (non-hydrogen) atoms. The molecule has 126 valence electrons. The van der Waals surface area contributed by atoms with Gasteiger partial charge in [-0.2, -0.15) is 5.26 Å². The van der Waals surface area contributed by atoms with Crippen molar-refractivity contribution in [3.05, 3.63) is 42.2 Å². The van der Waals surface area contributed by atoms with Crippen LogP contribution < -0.4 is 15.4 Å². The first-order valence-corrected chi connectivity index (χ1v) is 7.85. The number of benzene rings is 1. The van der Waals surface area contributed by atoms with Crippen LogP contribution in [-0.2, 0) is 0 Å². The third kappa shape index (κ3) is 3.43. The van der Waals surface area contributed by atoms with Crippen LogP contribution in [0.2, 0.25) is 0 Å². The summed E-state index contributed by atoms with van der Waals surface area (Å²) in [6.45, 7) is 4.02. The summed E-state index contributed by atoms with van der Waals surface area (Å²) in [5.74, 6) is 0.510. The molecule has 2 heterocycles. The number of rotatable bonds is 5. The Kier molecular flexibility index (Phi) is 4.61. The minimum atomic E-state index is 0.178. The highest BCUT2D eigenvalue weighted by atomic mass is 16.5. The second-order valence-corrected chi connectivity index (χ2v) is 5.75. The molecule has 0 aliphatic carbocycles. The Morgan fingerprint density at radius 2 is 2.04 bits per heavy atom. The van der Waals surface area contributed by atoms with Crippen LogP contribution in [0.5, 0.6) is 5.88 Å². The Balaban J connectivity index is 2.02. The Hall–Kier alpha value is -3.40. The van der Waals surface area contributed by atoms with E-state index < -0.39 is 0 Å². The first-order valence-electron chi connectivity index (χ1n) is 7.85. The largest absolute Gasteiger partial charge is 0.480 e. The summed E-state index contributed by atoms with van der Waals surface area (Å²) >= 11 is 0. The molecular weight excluding hydrogens is 316 g/mol. The fourth-order valence-corrected chi connectivity index (χ4v) is 2.50. The molecule has 0 saturated heterocycles. The van der Waals surface area contributed by atoms with Gasteiger partial charge < -0.3 is 15.4 Å². The van der Waals surface area contributed by atoms with Crippen LogP contribution in [0, 0.1) is 11.3 Å². The summed E-state index contributed by atoms with van der Waals surface area (Å²) < 4.78 is 5.25. The van der Waals surface area contributed by atoms with Crippen molar-refractivity contribution < 1.29 is 4.74 Å². The number of aromatic nitrogens is 3. The molecule has 2 aromatic heterocycles. The van der Waals surface area contributed by atoms with E-state index in [0.717, 1.165) is 16.8 Å². The maximum absolute atomic E-state index is 9.27. The molecule has 0 fully saturated rings. The van der Waals surface area contributed by atoms with Gasteiger partial charge in [-0.05, 0) is 44.2 Å². The van der Waals surface area contributed by atoms with Crippen molar-refractivity contribution >= 4 is 28.0 Å². The maximum Gasteiger partial charge on any atom is 0.237 e. The molecule has 3 aromatic rings. The van der Waals surface area contributed by atoms with E-state index >= 15 is 0 Å². The van der Waals surface area contributed by atoms with Gasteiger partial charge in [-0.1, -0.05) is 0 Å². The molecule has 2 N–H and O–H groups in total. The quantitative estimate of drug-likeness (QED) is 0.737. The van der Waals surface area contributed by atoms with Gasteiger partial charge in [0.05, 0.1) is 18.3 Å². The Morgan fingerprint density at radius 1 is 1.20 bits per heavy atom. The molecular formula is C18H18N6O. The van der Waals surface area contributed by atoms with E-state index in [1.165, 1.54) is 0 Å². The monoisotopic (exact) mass is 334 g/mol. The minimum Gasteiger partial charge on any atom is -0.480 e. The normalized spacial score (nSPS) is 10.5. The van der Waals surface area contributed by atoms with Gasteiger partial charge in [0.1, 0.15) is 11.8 Å². The van der Waals surface area contributed by atoms with Crippen LogP contribution in [0.15, 0.2) is 36.5 Å². The standard InChI is InChI=1S/C18H18N6O/c1-11(2)21-17-13-7-6-12(9-15(13)23-24-16(17)10-19)22-14-5-4-8-20-18(14)25-3/h4-9,11,22H,1-3H3,(H,21,23). The summed E-state index contributed by atoms with van der Waals surface area (Å²) in [7, 11) is 1.58. The SMILES string of the molecule is COc1ncccc1Nc1ccc2c(NC(C)C)c(C#N)nnc2c1. The predicted octanol–water partition coefficient (Wildman–Crippen LogP) is 3.47. The van der Waals surface area contributed by atoms with Crippen molar-refractivity contribution in [3.63, 3.8) is 0 Å². The molecule has 0 bridgehead atoms. The number of pyridine rings is 1. The lowest BCUT2D eigenvalue weighted by atomic mass is 10.1. The third-order valence-electron chi connectivity index (χ3n) is 3.54. The third-order valence-corrected chi connectivity index (χ3v) is 3.54. The highest BCUT2D eigenvalue weighted by molar-refractivity contribution is 5.95. The Bertz CT molecular complexity index is 948. The minimum absolute atomic E-state index is 0.178. The average molecular weight is 334 g/mol. The van der Waals surface area contributed by atoms with Gasteiger partial charge in [0, 0.05) is 23.3 Å². The average Bonchev–Trinajstić information content (AvgIpc) is 2.62. The second kappa shape index (κ2) is 7.01. The Labute approximate surface area is 145 Å². The molecule has 7 nitrogen and oxygen atoms in total. The zero-order valence-electron chi connectivity index (χ0n) is 14.2. The van der Waals surface area contributed by atoms with E-state index in [1.54, 1.807) is 13.3 Å². The molecule has 7 heteroatoms. The molecule has 0 amide bonds. The summed E-state index contributed by atoms with van der Waals surface area (Å²) in [5.41, 5.74) is 3.26. The number of nitrogens with one attached hydrogen (secondary N) is 2. The first kappa shape index (κ1) is 16.5. The van der Waals surface area contributed by atoms with E-state index in [2.05, 4.69) is 31.9 Å². The van der Waals surface area contributed by atoms with Crippen molar-refractivity contribution in [2.45, 2.75) is 19.9 Å². The van der Waals surface area contributed by atoms with E-state index in [9.17, 15) is 5.26 Å². The van der Waals surface area contributed by atoms with Gasteiger partial charge in [0.15, 0.2) is 5.69 Å². The lowest BCUT2D eigenvalue weighted by molar-refractivity contribution is 0.400. The topological polar surface area (TPSA) is 95.8 Å². The van der Waals surface area contributed by atoms with Crippen molar-refractivity contribution in [1.29, 1.82) is 5.26 Å². The highest BCUT2D eigenvalue weighted by Crippen LogP contribution is 2.30. The molecule has 0 radical (unpaired) electrons. The molecule has 0 atom stereocenters. The fourth-order valence-electron chi connectivity index (χ4n) is 2.50. The predicted molar refractivity (Wildman–Crippen MR) is 97.1 cm³/mol. The van der Waals surface area contributed by atoms with Gasteiger partial charge >= 0.3 is 0 Å². The second-order valence-electron chi connectivity index (χ2n) is 5.75. The fraction of sp³-hybridized carbons (Fsp3) is 0.222. The van der Waals surface area contributed by atoms with E-state index in [-0.39, 0.29) is 11.7 Å². The number of nitrogens with zero attached hydrogens (tertiary/aromatic N) is 4. The van der Waals surface area contributed by atoms with Crippen LogP contribution in [-0.4, -0.2) is 28.3 Å². The molecule has 0 unspecified atom stereocenters. The number of nitriles is 1. The van der Waals surface area contributed by atoms with Gasteiger partial charge in [-0.25, -0.2) is 4.98 Å². The maximum atomic E-state index is 9.27. The molecule has 1 aromatic carbocycles. The van der Waals surface area contributed by atoms with E-state index in [1.807, 2.05) is 44.2 Å². The number of ether oxygens (including phenoxy) is 1. The van der Waals surface area contributed by atoms with Crippen molar-refractivity contribution in [2.24, 2.45) is 0 Å². The summed E-state index contributed by atoms with van der Waals surface area (Å²) in [6.07, 6.45) is 1.67. The number of methoxy groups -OCH3 is 1. The summed E-state index contributed by atoms with van der Waals surface area (Å²) in [6, 6.07) is 11.7. The van der Waals surface area contributed by atoms with Gasteiger partial charge in [-0.15, -0.1) is 10.2 Å². The van der Waals surface area contributed by atoms with Crippen molar-refractivity contribution in [3.8, 4) is 11.9 Å². The number of fused-ring (bicyclic) bond motifs is 1. The smallest absolute Gasteiger partial charge is 0.237 e. The molecule has 0 spiro atoms. The number of hydrogen-bond acceptors (Lipinski definition) is 7. The molecule has 0 aliphatic rings. The first-order chi connectivity index (χ1) is 12.1. The van der Waals surface area contributed by atoms with E-state index in [0.29, 0.717) is 17.1 Å². The summed E-state index contributed by atoms with van der Waals surface area (Å²) in [4.78, 5) is 4.17. The summed E-state index contributed by atoms with van der Waals surface area (Å²) in [5, 5.41) is 24.9. The van der Waals surface area contributed by atoms with Crippen LogP contribution >= 0.6 is 0 Å². The van der Waals surface area contributed by atoms with E-state index in [4.69, 9.17) is 4.74 Å². The highest BCUT2D eigenvalue weighted by Gasteiger charge is 2.12.